The molecule has 0 saturated heterocycles. The highest BCUT2D eigenvalue weighted by molar-refractivity contribution is 7.87. The zero-order chi connectivity index (χ0) is 27.6. The average Bonchev–Trinajstić information content (AvgIpc) is 3.57. The number of carbonyl (C=O) groups is 1. The number of thiazole rings is 1. The van der Waals surface area contributed by atoms with Crippen molar-refractivity contribution in [3.8, 4) is 11.1 Å². The van der Waals surface area contributed by atoms with Gasteiger partial charge in [-0.2, -0.15) is 17.5 Å². The number of carbonyl (C=O) groups excluding carboxylic acids is 1. The Morgan fingerprint density at radius 1 is 1.08 bits per heavy atom. The van der Waals surface area contributed by atoms with Crippen molar-refractivity contribution in [1.82, 2.24) is 30.2 Å². The summed E-state index contributed by atoms with van der Waals surface area (Å²) in [6.07, 6.45) is 1.42. The number of hydrogen-bond acceptors (Lipinski definition) is 9. The SMILES string of the molecule is NS(=O)(=O)NCc1nnc(C(NC(=O)c2ccc(CF)cc2)c2nc3ccc(-c4ccc(F)nc4)cc3s2)o1. The topological polar surface area (TPSA) is 166 Å². The fourth-order valence-corrected chi connectivity index (χ4v) is 4.97. The van der Waals surface area contributed by atoms with Crippen LogP contribution in [0.2, 0.25) is 0 Å². The molecular weight excluding hydrogens is 552 g/mol. The largest absolute Gasteiger partial charge is 0.421 e. The zero-order valence-corrected chi connectivity index (χ0v) is 21.5. The van der Waals surface area contributed by atoms with Gasteiger partial charge >= 0.3 is 0 Å². The van der Waals surface area contributed by atoms with Crippen LogP contribution in [0.4, 0.5) is 8.78 Å². The molecule has 0 aliphatic heterocycles. The highest BCUT2D eigenvalue weighted by Gasteiger charge is 2.27. The van der Waals surface area contributed by atoms with Crippen molar-refractivity contribution >= 4 is 37.7 Å². The van der Waals surface area contributed by atoms with Crippen LogP contribution >= 0.6 is 11.3 Å². The normalized spacial score (nSPS) is 12.5. The first-order chi connectivity index (χ1) is 18.7. The summed E-state index contributed by atoms with van der Waals surface area (Å²) in [6, 6.07) is 13.3. The summed E-state index contributed by atoms with van der Waals surface area (Å²) in [6.45, 7) is -1.02. The van der Waals surface area contributed by atoms with E-state index >= 15 is 0 Å². The Bertz CT molecular complexity index is 1740. The molecule has 11 nitrogen and oxygen atoms in total. The second-order valence-electron chi connectivity index (χ2n) is 8.24. The van der Waals surface area contributed by atoms with Crippen LogP contribution in [0.25, 0.3) is 21.3 Å². The van der Waals surface area contributed by atoms with Crippen molar-refractivity contribution in [2.45, 2.75) is 19.3 Å². The number of nitrogens with one attached hydrogen (secondary N) is 2. The Morgan fingerprint density at radius 2 is 1.85 bits per heavy atom. The lowest BCUT2D eigenvalue weighted by atomic mass is 10.1. The Morgan fingerprint density at radius 3 is 2.54 bits per heavy atom. The first-order valence-corrected chi connectivity index (χ1v) is 13.6. The van der Waals surface area contributed by atoms with Crippen molar-refractivity contribution in [2.24, 2.45) is 5.14 Å². The predicted octanol–water partition coefficient (Wildman–Crippen LogP) is 3.16. The van der Waals surface area contributed by atoms with E-state index in [-0.39, 0.29) is 23.9 Å². The van der Waals surface area contributed by atoms with E-state index in [1.54, 1.807) is 12.1 Å². The maximum atomic E-state index is 13.3. The van der Waals surface area contributed by atoms with Crippen molar-refractivity contribution in [3.63, 3.8) is 0 Å². The predicted molar refractivity (Wildman–Crippen MR) is 138 cm³/mol. The van der Waals surface area contributed by atoms with Gasteiger partial charge in [-0.3, -0.25) is 4.79 Å². The van der Waals surface area contributed by atoms with Crippen molar-refractivity contribution in [2.75, 3.05) is 0 Å². The van der Waals surface area contributed by atoms with Gasteiger partial charge in [0, 0.05) is 17.3 Å². The molecule has 0 radical (unpaired) electrons. The number of hydrogen-bond donors (Lipinski definition) is 3. The van der Waals surface area contributed by atoms with Gasteiger partial charge in [-0.1, -0.05) is 18.2 Å². The van der Waals surface area contributed by atoms with E-state index in [1.807, 2.05) is 16.9 Å². The number of fused-ring (bicyclic) bond motifs is 1. The lowest BCUT2D eigenvalue weighted by Crippen LogP contribution is -2.30. The van der Waals surface area contributed by atoms with Gasteiger partial charge in [0.2, 0.25) is 17.7 Å². The molecule has 5 rings (SSSR count). The highest BCUT2D eigenvalue weighted by Crippen LogP contribution is 2.33. The Balaban J connectivity index is 1.49. The molecule has 3 heterocycles. The second-order valence-corrected chi connectivity index (χ2v) is 10.7. The molecule has 0 aliphatic rings. The van der Waals surface area contributed by atoms with Gasteiger partial charge in [0.15, 0.2) is 6.04 Å². The minimum atomic E-state index is -4.00. The highest BCUT2D eigenvalue weighted by atomic mass is 32.2. The van der Waals surface area contributed by atoms with Gasteiger partial charge in [0.25, 0.3) is 16.1 Å². The summed E-state index contributed by atoms with van der Waals surface area (Å²) < 4.78 is 57.0. The van der Waals surface area contributed by atoms with Crippen LogP contribution in [0.5, 0.6) is 0 Å². The van der Waals surface area contributed by atoms with Crippen LogP contribution in [0.1, 0.15) is 38.8 Å². The zero-order valence-electron chi connectivity index (χ0n) is 19.8. The summed E-state index contributed by atoms with van der Waals surface area (Å²) in [4.78, 5) is 21.4. The number of halogens is 2. The average molecular weight is 572 g/mol. The van der Waals surface area contributed by atoms with Crippen LogP contribution < -0.4 is 15.2 Å². The molecule has 1 amide bonds. The number of aromatic nitrogens is 4. The summed E-state index contributed by atoms with van der Waals surface area (Å²) in [5.41, 5.74) is 2.80. The fraction of sp³-hybridized carbons (Fsp3) is 0.125. The summed E-state index contributed by atoms with van der Waals surface area (Å²) in [7, 11) is -4.00. The number of pyridine rings is 1. The molecule has 0 spiro atoms. The molecule has 0 saturated carbocycles. The summed E-state index contributed by atoms with van der Waals surface area (Å²) >= 11 is 1.25. The molecule has 0 fully saturated rings. The fourth-order valence-electron chi connectivity index (χ4n) is 3.60. The smallest absolute Gasteiger partial charge is 0.274 e. The molecule has 0 bridgehead atoms. The van der Waals surface area contributed by atoms with Crippen molar-refractivity contribution in [1.29, 1.82) is 0 Å². The van der Waals surface area contributed by atoms with E-state index in [2.05, 4.69) is 25.5 Å². The summed E-state index contributed by atoms with van der Waals surface area (Å²) in [5, 5.41) is 16.0. The van der Waals surface area contributed by atoms with Crippen LogP contribution in [0.3, 0.4) is 0 Å². The van der Waals surface area contributed by atoms with Gasteiger partial charge in [-0.05, 0) is 47.5 Å². The van der Waals surface area contributed by atoms with Gasteiger partial charge in [0.1, 0.15) is 11.7 Å². The van der Waals surface area contributed by atoms with Gasteiger partial charge in [-0.25, -0.2) is 19.5 Å². The quantitative estimate of drug-likeness (QED) is 0.227. The number of alkyl halides is 1. The first kappa shape index (κ1) is 26.4. The maximum Gasteiger partial charge on any atom is 0.274 e. The summed E-state index contributed by atoms with van der Waals surface area (Å²) in [5.74, 6) is -1.23. The Labute approximate surface area is 224 Å². The number of benzene rings is 2. The third kappa shape index (κ3) is 6.28. The molecule has 0 aliphatic carbocycles. The minimum absolute atomic E-state index is 0.0445. The second kappa shape index (κ2) is 10.9. The van der Waals surface area contributed by atoms with Crippen LogP contribution in [-0.4, -0.2) is 34.5 Å². The first-order valence-electron chi connectivity index (χ1n) is 11.3. The van der Waals surface area contributed by atoms with E-state index in [9.17, 15) is 22.0 Å². The van der Waals surface area contributed by atoms with Crippen LogP contribution in [-0.2, 0) is 23.4 Å². The Kier molecular flexibility index (Phi) is 7.38. The molecule has 4 N–H and O–H groups in total. The Hall–Kier alpha value is -4.18. The van der Waals surface area contributed by atoms with Gasteiger partial charge in [-0.15, -0.1) is 21.5 Å². The number of nitrogens with two attached hydrogens (primary N) is 1. The molecule has 5 aromatic rings. The monoisotopic (exact) mass is 571 g/mol. The van der Waals surface area contributed by atoms with Gasteiger partial charge in [0.05, 0.1) is 16.8 Å². The third-order valence-electron chi connectivity index (χ3n) is 5.51. The molecule has 39 heavy (non-hydrogen) atoms. The van der Waals surface area contributed by atoms with Gasteiger partial charge < -0.3 is 9.73 Å². The third-order valence-corrected chi connectivity index (χ3v) is 7.14. The molecule has 3 aromatic heterocycles. The molecule has 2 aromatic carbocycles. The lowest BCUT2D eigenvalue weighted by molar-refractivity contribution is 0.0937. The molecule has 1 atom stereocenters. The van der Waals surface area contributed by atoms with Crippen LogP contribution in [0.15, 0.2) is 65.2 Å². The van der Waals surface area contributed by atoms with Crippen molar-refractivity contribution < 1.29 is 26.4 Å². The molecule has 200 valence electrons. The van der Waals surface area contributed by atoms with E-state index in [4.69, 9.17) is 9.56 Å². The van der Waals surface area contributed by atoms with E-state index in [1.165, 1.54) is 47.9 Å². The van der Waals surface area contributed by atoms with E-state index in [0.717, 1.165) is 10.3 Å². The molecule has 15 heteroatoms. The number of amides is 1. The maximum absolute atomic E-state index is 13.3. The lowest BCUT2D eigenvalue weighted by Gasteiger charge is -2.13. The van der Waals surface area contributed by atoms with Crippen LogP contribution in [0, 0.1) is 5.95 Å². The molecular formula is C24H19F2N7O4S2. The van der Waals surface area contributed by atoms with E-state index < -0.39 is 34.8 Å². The number of rotatable bonds is 9. The molecule has 1 unspecified atom stereocenters. The van der Waals surface area contributed by atoms with Crippen molar-refractivity contribution in [3.05, 3.63) is 94.7 Å². The number of nitrogens with zero attached hydrogens (tertiary/aromatic N) is 4. The van der Waals surface area contributed by atoms with E-state index in [0.29, 0.717) is 21.7 Å². The standard InChI is InChI=1S/C24H19F2N7O4S2/c25-10-13-1-3-14(4-2-13)22(34)31-21(23-33-32-20(37-23)12-29-39(27,35)36)24-30-17-7-5-15(9-18(17)38-24)16-6-8-19(26)28-11-16/h1-9,11,21,29H,10,12H2,(H,31,34)(H2,27,35,36). The minimum Gasteiger partial charge on any atom is -0.421 e.